The summed E-state index contributed by atoms with van der Waals surface area (Å²) in [6.07, 6.45) is 2.13. The van der Waals surface area contributed by atoms with Crippen molar-refractivity contribution in [2.75, 3.05) is 17.1 Å². The molecule has 1 N–H and O–H groups in total. The Bertz CT molecular complexity index is 1740. The van der Waals surface area contributed by atoms with Crippen LogP contribution in [0.25, 0.3) is 0 Å². The first-order valence-electron chi connectivity index (χ1n) is 14.9. The van der Waals surface area contributed by atoms with Gasteiger partial charge in [0.25, 0.3) is 10.0 Å². The van der Waals surface area contributed by atoms with Crippen molar-refractivity contribution in [2.45, 2.75) is 62.0 Å². The van der Waals surface area contributed by atoms with Crippen LogP contribution in [0.1, 0.15) is 37.5 Å². The zero-order valence-electron chi connectivity index (χ0n) is 26.7. The average Bonchev–Trinajstić information content (AvgIpc) is 3.02. The maximum Gasteiger partial charge on any atom is 0.264 e. The Morgan fingerprint density at radius 3 is 2.07 bits per heavy atom. The van der Waals surface area contributed by atoms with E-state index < -0.39 is 34.1 Å². The Morgan fingerprint density at radius 1 is 0.870 bits per heavy atom. The van der Waals surface area contributed by atoms with E-state index in [0.717, 1.165) is 20.3 Å². The number of carbonyl (C=O) groups is 2. The lowest BCUT2D eigenvalue weighted by molar-refractivity contribution is -0.140. The maximum absolute atomic E-state index is 14.6. The summed E-state index contributed by atoms with van der Waals surface area (Å²) in [5, 5.41) is 3.47. The number of anilines is 1. The van der Waals surface area contributed by atoms with Crippen molar-refractivity contribution >= 4 is 50.9 Å². The molecule has 0 aliphatic heterocycles. The monoisotopic (exact) mass is 677 g/mol. The molecule has 0 unspecified atom stereocenters. The zero-order valence-corrected chi connectivity index (χ0v) is 29.1. The van der Waals surface area contributed by atoms with Gasteiger partial charge in [-0.15, -0.1) is 11.8 Å². The van der Waals surface area contributed by atoms with Crippen molar-refractivity contribution < 1.29 is 18.0 Å². The number of amides is 2. The SMILES string of the molecule is CSc1ccc(S(=O)(=O)N(CC(=O)N(Cc2ccccc2Cl)[C@@H](Cc2ccccc2)C(=O)NC(C)(C)C)c2ccc(C)cc2)cc1. The molecule has 0 aromatic heterocycles. The number of benzene rings is 4. The number of thioether (sulfide) groups is 1. The largest absolute Gasteiger partial charge is 0.350 e. The third-order valence-corrected chi connectivity index (χ3v) is 10.2. The summed E-state index contributed by atoms with van der Waals surface area (Å²) < 4.78 is 29.6. The number of carbonyl (C=O) groups excluding carboxylic acids is 2. The van der Waals surface area contributed by atoms with Crippen LogP contribution < -0.4 is 9.62 Å². The fraction of sp³-hybridized carbons (Fsp3) is 0.278. The maximum atomic E-state index is 14.6. The van der Waals surface area contributed by atoms with Crippen molar-refractivity contribution in [3.05, 3.63) is 125 Å². The molecule has 4 rings (SSSR count). The van der Waals surface area contributed by atoms with Gasteiger partial charge in [-0.3, -0.25) is 13.9 Å². The van der Waals surface area contributed by atoms with Gasteiger partial charge in [-0.2, -0.15) is 0 Å². The summed E-state index contributed by atoms with van der Waals surface area (Å²) in [4.78, 5) is 31.0. The van der Waals surface area contributed by atoms with Gasteiger partial charge in [0.05, 0.1) is 10.6 Å². The van der Waals surface area contributed by atoms with Crippen LogP contribution in [-0.4, -0.2) is 49.5 Å². The van der Waals surface area contributed by atoms with E-state index in [1.54, 1.807) is 66.7 Å². The standard InChI is InChI=1S/C36H40ClN3O4S2/c1-26-15-17-29(18-16-26)40(46(43,44)31-21-19-30(45-5)20-22-31)25-34(41)39(24-28-13-9-10-14-32(28)37)33(35(42)38-36(2,3)4)23-27-11-7-6-8-12-27/h6-22,33H,23-25H2,1-5H3,(H,38,42)/t33-/m0/s1. The van der Waals surface area contributed by atoms with Crippen LogP contribution in [0.3, 0.4) is 0 Å². The summed E-state index contributed by atoms with van der Waals surface area (Å²) >= 11 is 8.07. The molecular weight excluding hydrogens is 638 g/mol. The van der Waals surface area contributed by atoms with Gasteiger partial charge in [-0.05, 0) is 87.5 Å². The van der Waals surface area contributed by atoms with Crippen molar-refractivity contribution in [1.82, 2.24) is 10.2 Å². The number of nitrogens with zero attached hydrogens (tertiary/aromatic N) is 2. The lowest BCUT2D eigenvalue weighted by Crippen LogP contribution is -2.56. The van der Waals surface area contributed by atoms with Crippen LogP contribution in [0.15, 0.2) is 113 Å². The van der Waals surface area contributed by atoms with E-state index in [1.807, 2.05) is 70.3 Å². The second-order valence-corrected chi connectivity index (χ2v) is 15.2. The van der Waals surface area contributed by atoms with Gasteiger partial charge in [0, 0.05) is 28.4 Å². The van der Waals surface area contributed by atoms with Crippen LogP contribution in [0, 0.1) is 6.92 Å². The lowest BCUT2D eigenvalue weighted by atomic mass is 10.0. The van der Waals surface area contributed by atoms with E-state index in [4.69, 9.17) is 11.6 Å². The predicted molar refractivity (Wildman–Crippen MR) is 188 cm³/mol. The molecule has 4 aromatic rings. The van der Waals surface area contributed by atoms with E-state index >= 15 is 0 Å². The molecule has 0 aliphatic rings. The highest BCUT2D eigenvalue weighted by Crippen LogP contribution is 2.28. The van der Waals surface area contributed by atoms with Gasteiger partial charge in [-0.25, -0.2) is 8.42 Å². The van der Waals surface area contributed by atoms with E-state index in [1.165, 1.54) is 16.7 Å². The molecule has 2 amide bonds. The number of hydrogen-bond donors (Lipinski definition) is 1. The first-order chi connectivity index (χ1) is 21.8. The number of halogens is 1. The summed E-state index contributed by atoms with van der Waals surface area (Å²) in [5.41, 5.74) is 2.19. The van der Waals surface area contributed by atoms with Crippen LogP contribution >= 0.6 is 23.4 Å². The van der Waals surface area contributed by atoms with Crippen LogP contribution in [0.2, 0.25) is 5.02 Å². The summed E-state index contributed by atoms with van der Waals surface area (Å²) in [6.45, 7) is 6.99. The molecule has 4 aromatic carbocycles. The molecule has 0 bridgehead atoms. The Morgan fingerprint density at radius 2 is 1.48 bits per heavy atom. The smallest absolute Gasteiger partial charge is 0.264 e. The Balaban J connectivity index is 1.82. The molecular formula is C36H40ClN3O4S2. The van der Waals surface area contributed by atoms with Gasteiger partial charge in [0.2, 0.25) is 11.8 Å². The minimum Gasteiger partial charge on any atom is -0.350 e. The molecule has 46 heavy (non-hydrogen) atoms. The molecule has 0 saturated carbocycles. The fourth-order valence-electron chi connectivity index (χ4n) is 4.93. The molecule has 0 saturated heterocycles. The van der Waals surface area contributed by atoms with E-state index in [0.29, 0.717) is 16.3 Å². The minimum absolute atomic E-state index is 0.00221. The number of hydrogen-bond acceptors (Lipinski definition) is 5. The first-order valence-corrected chi connectivity index (χ1v) is 17.9. The zero-order chi connectivity index (χ0) is 33.5. The van der Waals surface area contributed by atoms with Gasteiger partial charge < -0.3 is 10.2 Å². The first kappa shape index (κ1) is 35.1. The average molecular weight is 678 g/mol. The van der Waals surface area contributed by atoms with Gasteiger partial charge in [-0.1, -0.05) is 77.8 Å². The van der Waals surface area contributed by atoms with Gasteiger partial charge >= 0.3 is 0 Å². The van der Waals surface area contributed by atoms with E-state index in [-0.39, 0.29) is 23.8 Å². The summed E-state index contributed by atoms with van der Waals surface area (Å²) in [5.74, 6) is -0.899. The second kappa shape index (κ2) is 15.2. The van der Waals surface area contributed by atoms with Crippen molar-refractivity contribution in [3.8, 4) is 0 Å². The van der Waals surface area contributed by atoms with Crippen molar-refractivity contribution in [1.29, 1.82) is 0 Å². The minimum atomic E-state index is -4.19. The number of rotatable bonds is 12. The third-order valence-electron chi connectivity index (χ3n) is 7.32. The molecule has 7 nitrogen and oxygen atoms in total. The lowest BCUT2D eigenvalue weighted by Gasteiger charge is -2.35. The molecule has 0 spiro atoms. The molecule has 0 heterocycles. The Kier molecular flexibility index (Phi) is 11.6. The summed E-state index contributed by atoms with van der Waals surface area (Å²) in [6, 6.07) is 29.1. The molecule has 0 aliphatic carbocycles. The predicted octanol–water partition coefficient (Wildman–Crippen LogP) is 7.12. The molecule has 242 valence electrons. The normalized spacial score (nSPS) is 12.3. The Hall–Kier alpha value is -3.79. The van der Waals surface area contributed by atoms with E-state index in [9.17, 15) is 18.0 Å². The molecule has 1 atom stereocenters. The van der Waals surface area contributed by atoms with Crippen LogP contribution in [-0.2, 0) is 32.6 Å². The molecule has 10 heteroatoms. The highest BCUT2D eigenvalue weighted by atomic mass is 35.5. The molecule has 0 fully saturated rings. The van der Waals surface area contributed by atoms with Crippen molar-refractivity contribution in [3.63, 3.8) is 0 Å². The number of aryl methyl sites for hydroxylation is 1. The van der Waals surface area contributed by atoms with Crippen LogP contribution in [0.5, 0.6) is 0 Å². The highest BCUT2D eigenvalue weighted by Gasteiger charge is 2.36. The van der Waals surface area contributed by atoms with Gasteiger partial charge in [0.1, 0.15) is 12.6 Å². The van der Waals surface area contributed by atoms with Crippen molar-refractivity contribution in [2.24, 2.45) is 0 Å². The summed E-state index contributed by atoms with van der Waals surface area (Å²) in [7, 11) is -4.19. The second-order valence-electron chi connectivity index (χ2n) is 12.1. The quantitative estimate of drug-likeness (QED) is 0.161. The Labute approximate surface area is 282 Å². The topological polar surface area (TPSA) is 86.8 Å². The molecule has 0 radical (unpaired) electrons. The van der Waals surface area contributed by atoms with Gasteiger partial charge in [0.15, 0.2) is 0 Å². The third kappa shape index (κ3) is 9.15. The number of nitrogens with one attached hydrogen (secondary N) is 1. The van der Waals surface area contributed by atoms with Crippen LogP contribution in [0.4, 0.5) is 5.69 Å². The fourth-order valence-corrected chi connectivity index (χ4v) is 6.95. The number of sulfonamides is 1. The highest BCUT2D eigenvalue weighted by molar-refractivity contribution is 7.98. The van der Waals surface area contributed by atoms with E-state index in [2.05, 4.69) is 5.32 Å².